The van der Waals surface area contributed by atoms with Crippen LogP contribution in [0, 0.1) is 3.70 Å². The summed E-state index contributed by atoms with van der Waals surface area (Å²) in [6.07, 6.45) is 1.77. The number of rotatable bonds is 4. The van der Waals surface area contributed by atoms with E-state index in [9.17, 15) is 0 Å². The molecular weight excluding hydrogens is 495 g/mol. The third kappa shape index (κ3) is 3.49. The van der Waals surface area contributed by atoms with Gasteiger partial charge in [0.25, 0.3) is 0 Å². The topological polar surface area (TPSA) is 61.4 Å². The summed E-state index contributed by atoms with van der Waals surface area (Å²) in [5.74, 6) is 0.571. The van der Waals surface area contributed by atoms with Gasteiger partial charge in [0.05, 0.1) is 24.0 Å². The normalized spacial score (nSPS) is 11.0. The van der Waals surface area contributed by atoms with Crippen molar-refractivity contribution in [2.75, 3.05) is 0 Å². The van der Waals surface area contributed by atoms with E-state index in [2.05, 4.69) is 59.0 Å². The molecule has 2 aromatic carbocycles. The van der Waals surface area contributed by atoms with Crippen molar-refractivity contribution < 1.29 is 0 Å². The van der Waals surface area contributed by atoms with E-state index in [0.717, 1.165) is 25.0 Å². The van der Waals surface area contributed by atoms with Gasteiger partial charge >= 0.3 is 0 Å². The average Bonchev–Trinajstić information content (AvgIpc) is 3.22. The molecule has 0 saturated heterocycles. The standard InChI is InChI=1S/C17H12BrIN6/c18-13-7-4-8-14(9-13)25-16(19)15(10-20-25)17-21-23-24(22-17)11-12-5-2-1-3-6-12/h1-10H,11H2. The summed E-state index contributed by atoms with van der Waals surface area (Å²) in [4.78, 5) is 1.59. The number of halogens is 2. The van der Waals surface area contributed by atoms with Gasteiger partial charge in [-0.2, -0.15) is 9.90 Å². The van der Waals surface area contributed by atoms with E-state index in [0.29, 0.717) is 12.4 Å². The van der Waals surface area contributed by atoms with Crippen molar-refractivity contribution in [1.29, 1.82) is 0 Å². The molecule has 0 unspecified atom stereocenters. The Bertz CT molecular complexity index is 1010. The van der Waals surface area contributed by atoms with Gasteiger partial charge in [0.2, 0.25) is 5.82 Å². The number of nitrogens with zero attached hydrogens (tertiary/aromatic N) is 6. The third-order valence-electron chi connectivity index (χ3n) is 3.62. The number of benzene rings is 2. The molecule has 0 amide bonds. The van der Waals surface area contributed by atoms with Crippen LogP contribution in [0.1, 0.15) is 5.56 Å². The molecule has 8 heteroatoms. The highest BCUT2D eigenvalue weighted by molar-refractivity contribution is 14.1. The highest BCUT2D eigenvalue weighted by Gasteiger charge is 2.16. The maximum absolute atomic E-state index is 4.49. The summed E-state index contributed by atoms with van der Waals surface area (Å²) in [6.45, 7) is 0.587. The molecule has 6 nitrogen and oxygen atoms in total. The Hall–Kier alpha value is -2.07. The average molecular weight is 507 g/mol. The molecule has 25 heavy (non-hydrogen) atoms. The highest BCUT2D eigenvalue weighted by Crippen LogP contribution is 2.25. The predicted molar refractivity (Wildman–Crippen MR) is 106 cm³/mol. The van der Waals surface area contributed by atoms with Gasteiger partial charge in [-0.25, -0.2) is 4.68 Å². The Balaban J connectivity index is 1.63. The van der Waals surface area contributed by atoms with Crippen LogP contribution >= 0.6 is 38.5 Å². The van der Waals surface area contributed by atoms with Crippen LogP contribution < -0.4 is 0 Å². The lowest BCUT2D eigenvalue weighted by Gasteiger charge is -2.03. The van der Waals surface area contributed by atoms with Gasteiger partial charge in [0, 0.05) is 4.47 Å². The molecule has 0 N–H and O–H groups in total. The van der Waals surface area contributed by atoms with Crippen LogP contribution in [0.25, 0.3) is 17.1 Å². The van der Waals surface area contributed by atoms with Crippen molar-refractivity contribution in [1.82, 2.24) is 30.0 Å². The first-order valence-electron chi connectivity index (χ1n) is 7.52. The zero-order chi connectivity index (χ0) is 17.2. The molecule has 124 valence electrons. The minimum Gasteiger partial charge on any atom is -0.227 e. The molecule has 0 atom stereocenters. The summed E-state index contributed by atoms with van der Waals surface area (Å²) in [7, 11) is 0. The molecule has 0 aliphatic carbocycles. The molecule has 4 aromatic rings. The van der Waals surface area contributed by atoms with Gasteiger partial charge in [0.15, 0.2) is 0 Å². The third-order valence-corrected chi connectivity index (χ3v) is 5.16. The molecule has 0 spiro atoms. The number of aromatic nitrogens is 6. The fourth-order valence-electron chi connectivity index (χ4n) is 2.44. The Morgan fingerprint density at radius 2 is 1.88 bits per heavy atom. The minimum atomic E-state index is 0.571. The van der Waals surface area contributed by atoms with E-state index < -0.39 is 0 Å². The van der Waals surface area contributed by atoms with E-state index in [1.54, 1.807) is 11.0 Å². The second-order valence-corrected chi connectivity index (χ2v) is 7.31. The van der Waals surface area contributed by atoms with Crippen molar-refractivity contribution in [3.63, 3.8) is 0 Å². The molecular formula is C17H12BrIN6. The fraction of sp³-hybridized carbons (Fsp3) is 0.0588. The molecule has 0 saturated carbocycles. The summed E-state index contributed by atoms with van der Waals surface area (Å²) >= 11 is 5.74. The number of tetrazole rings is 1. The second-order valence-electron chi connectivity index (χ2n) is 5.37. The van der Waals surface area contributed by atoms with Gasteiger partial charge in [0.1, 0.15) is 3.70 Å². The fourth-order valence-corrected chi connectivity index (χ4v) is 3.61. The Labute approximate surface area is 166 Å². The van der Waals surface area contributed by atoms with Crippen LogP contribution in [0.4, 0.5) is 0 Å². The van der Waals surface area contributed by atoms with E-state index in [1.165, 1.54) is 0 Å². The van der Waals surface area contributed by atoms with Gasteiger partial charge in [-0.3, -0.25) is 0 Å². The lowest BCUT2D eigenvalue weighted by Crippen LogP contribution is -2.03. The lowest BCUT2D eigenvalue weighted by molar-refractivity contribution is 0.573. The van der Waals surface area contributed by atoms with E-state index in [4.69, 9.17) is 0 Å². The first kappa shape index (κ1) is 16.4. The van der Waals surface area contributed by atoms with E-state index >= 15 is 0 Å². The van der Waals surface area contributed by atoms with E-state index in [1.807, 2.05) is 59.3 Å². The zero-order valence-electron chi connectivity index (χ0n) is 12.9. The maximum Gasteiger partial charge on any atom is 0.209 e. The van der Waals surface area contributed by atoms with Crippen LogP contribution in [0.3, 0.4) is 0 Å². The summed E-state index contributed by atoms with van der Waals surface area (Å²) in [6, 6.07) is 18.0. The molecule has 0 aliphatic heterocycles. The predicted octanol–water partition coefficient (Wildman–Crippen LogP) is 3.94. The maximum atomic E-state index is 4.49. The summed E-state index contributed by atoms with van der Waals surface area (Å²) < 4.78 is 3.80. The van der Waals surface area contributed by atoms with Crippen LogP contribution in [0.5, 0.6) is 0 Å². The minimum absolute atomic E-state index is 0.571. The molecule has 0 fully saturated rings. The van der Waals surface area contributed by atoms with Gasteiger partial charge in [-0.05, 0) is 51.6 Å². The van der Waals surface area contributed by atoms with Crippen LogP contribution in [0.15, 0.2) is 65.3 Å². The first-order valence-corrected chi connectivity index (χ1v) is 9.39. The molecule has 0 aliphatic rings. The van der Waals surface area contributed by atoms with Crippen molar-refractivity contribution in [3.8, 4) is 17.1 Å². The SMILES string of the molecule is Brc1cccc(-n2ncc(-c3nnn(Cc4ccccc4)n3)c2I)c1. The lowest BCUT2D eigenvalue weighted by atomic mass is 10.2. The van der Waals surface area contributed by atoms with Crippen LogP contribution in [-0.4, -0.2) is 30.0 Å². The van der Waals surface area contributed by atoms with Gasteiger partial charge in [-0.1, -0.05) is 52.3 Å². The largest absolute Gasteiger partial charge is 0.227 e. The monoisotopic (exact) mass is 506 g/mol. The molecule has 2 aromatic heterocycles. The Kier molecular flexibility index (Phi) is 4.62. The molecule has 0 radical (unpaired) electrons. The van der Waals surface area contributed by atoms with Gasteiger partial charge in [-0.15, -0.1) is 10.2 Å². The molecule has 2 heterocycles. The quantitative estimate of drug-likeness (QED) is 0.393. The van der Waals surface area contributed by atoms with Crippen molar-refractivity contribution in [2.24, 2.45) is 0 Å². The van der Waals surface area contributed by atoms with E-state index in [-0.39, 0.29) is 0 Å². The van der Waals surface area contributed by atoms with Crippen LogP contribution in [-0.2, 0) is 6.54 Å². The molecule has 0 bridgehead atoms. The molecule has 4 rings (SSSR count). The van der Waals surface area contributed by atoms with Crippen molar-refractivity contribution in [3.05, 3.63) is 74.5 Å². The highest BCUT2D eigenvalue weighted by atomic mass is 127. The number of hydrogen-bond donors (Lipinski definition) is 0. The zero-order valence-corrected chi connectivity index (χ0v) is 16.7. The van der Waals surface area contributed by atoms with Crippen molar-refractivity contribution in [2.45, 2.75) is 6.54 Å². The summed E-state index contributed by atoms with van der Waals surface area (Å²) in [5, 5.41) is 17.3. The summed E-state index contributed by atoms with van der Waals surface area (Å²) in [5.41, 5.74) is 2.97. The first-order chi connectivity index (χ1) is 12.2. The Morgan fingerprint density at radius 1 is 1.04 bits per heavy atom. The Morgan fingerprint density at radius 3 is 2.68 bits per heavy atom. The van der Waals surface area contributed by atoms with Crippen LogP contribution in [0.2, 0.25) is 0 Å². The number of hydrogen-bond acceptors (Lipinski definition) is 4. The second kappa shape index (κ2) is 7.04. The smallest absolute Gasteiger partial charge is 0.209 e. The van der Waals surface area contributed by atoms with Crippen molar-refractivity contribution >= 4 is 38.5 Å². The van der Waals surface area contributed by atoms with Gasteiger partial charge < -0.3 is 0 Å².